The fourth-order valence-corrected chi connectivity index (χ4v) is 6.06. The first-order valence-electron chi connectivity index (χ1n) is 12.7. The van der Waals surface area contributed by atoms with Crippen LogP contribution in [0, 0.1) is 29.1 Å². The summed E-state index contributed by atoms with van der Waals surface area (Å²) in [5, 5.41) is 18.1. The molecule has 0 aromatic carbocycles. The van der Waals surface area contributed by atoms with Gasteiger partial charge in [-0.3, -0.25) is 4.79 Å². The molecule has 7 nitrogen and oxygen atoms in total. The molecule has 0 spiro atoms. The van der Waals surface area contributed by atoms with E-state index >= 15 is 0 Å². The molecule has 188 valence electrons. The lowest BCUT2D eigenvalue weighted by molar-refractivity contribution is -0.124. The minimum Gasteiger partial charge on any atom is -0.477 e. The third-order valence-electron chi connectivity index (χ3n) is 7.18. The first kappa shape index (κ1) is 25.4. The van der Waals surface area contributed by atoms with Gasteiger partial charge in [0.05, 0.1) is 22.8 Å². The third kappa shape index (κ3) is 6.13. The maximum atomic E-state index is 14.0. The molecule has 2 fully saturated rings. The number of aromatic carboxylic acids is 1. The summed E-state index contributed by atoms with van der Waals surface area (Å²) >= 11 is 1.17. The average molecular weight is 497 g/mol. The lowest BCUT2D eigenvalue weighted by Gasteiger charge is -2.39. The Labute approximate surface area is 211 Å². The molecule has 1 amide bonds. The van der Waals surface area contributed by atoms with Gasteiger partial charge < -0.3 is 10.0 Å². The molecule has 2 saturated carbocycles. The highest BCUT2D eigenvalue weighted by molar-refractivity contribution is 7.15. The molecule has 0 bridgehead atoms. The van der Waals surface area contributed by atoms with Crippen LogP contribution in [-0.2, 0) is 4.79 Å². The fourth-order valence-electron chi connectivity index (χ4n) is 5.22. The molecular weight excluding hydrogens is 460 g/mol. The molecule has 0 unspecified atom stereocenters. The van der Waals surface area contributed by atoms with Gasteiger partial charge in [0.25, 0.3) is 0 Å². The largest absolute Gasteiger partial charge is 0.477 e. The molecule has 1 N–H and O–H groups in total. The second kappa shape index (κ2) is 10.5. The van der Waals surface area contributed by atoms with Crippen molar-refractivity contribution in [3.63, 3.8) is 0 Å². The molecule has 0 saturated heterocycles. The zero-order chi connectivity index (χ0) is 25.2. The average Bonchev–Trinajstić information content (AvgIpc) is 3.49. The van der Waals surface area contributed by atoms with E-state index in [1.54, 1.807) is 6.20 Å². The zero-order valence-corrected chi connectivity index (χ0v) is 22.0. The summed E-state index contributed by atoms with van der Waals surface area (Å²) in [5.41, 5.74) is 0.329. The van der Waals surface area contributed by atoms with Crippen molar-refractivity contribution in [2.75, 3.05) is 4.90 Å². The van der Waals surface area contributed by atoms with E-state index in [2.05, 4.69) is 29.1 Å². The van der Waals surface area contributed by atoms with Crippen molar-refractivity contribution in [1.82, 2.24) is 15.0 Å². The van der Waals surface area contributed by atoms with Gasteiger partial charge in [0.2, 0.25) is 5.91 Å². The quantitative estimate of drug-likeness (QED) is 0.530. The standard InChI is InChI=1S/C27H36N4O3S/c1-18-5-7-19(8-6-18)25(32)31(21-11-9-20(10-12-21)30-16-15-28-29-30)23-17-22(13-14-27(2,3)4)35-24(23)26(33)34/h15-21H,5-12H2,1-4H3,(H,33,34)/t18-,19-,20-,21+. The second-order valence-corrected chi connectivity index (χ2v) is 12.2. The highest BCUT2D eigenvalue weighted by Gasteiger charge is 2.37. The molecule has 35 heavy (non-hydrogen) atoms. The number of hydrogen-bond acceptors (Lipinski definition) is 5. The van der Waals surface area contributed by atoms with Gasteiger partial charge in [0, 0.05) is 23.6 Å². The third-order valence-corrected chi connectivity index (χ3v) is 8.20. The molecule has 0 aliphatic heterocycles. The summed E-state index contributed by atoms with van der Waals surface area (Å²) in [6.45, 7) is 8.33. The van der Waals surface area contributed by atoms with Gasteiger partial charge in [-0.2, -0.15) is 0 Å². The molecule has 4 rings (SSSR count). The van der Waals surface area contributed by atoms with E-state index in [0.29, 0.717) is 16.5 Å². The van der Waals surface area contributed by atoms with Gasteiger partial charge in [-0.05, 0) is 84.1 Å². The van der Waals surface area contributed by atoms with Crippen molar-refractivity contribution in [2.24, 2.45) is 17.3 Å². The topological polar surface area (TPSA) is 88.3 Å². The summed E-state index contributed by atoms with van der Waals surface area (Å²) in [6.07, 6.45) is 10.8. The minimum atomic E-state index is -1.000. The van der Waals surface area contributed by atoms with Gasteiger partial charge in [0.15, 0.2) is 0 Å². The Kier molecular flexibility index (Phi) is 7.65. The molecule has 2 heterocycles. The predicted octanol–water partition coefficient (Wildman–Crippen LogP) is 5.78. The Bertz CT molecular complexity index is 1090. The number of carboxylic acids is 1. The van der Waals surface area contributed by atoms with Gasteiger partial charge in [0.1, 0.15) is 4.88 Å². The monoisotopic (exact) mass is 496 g/mol. The van der Waals surface area contributed by atoms with E-state index in [1.165, 1.54) is 11.3 Å². The number of hydrogen-bond donors (Lipinski definition) is 1. The fraction of sp³-hybridized carbons (Fsp3) is 0.630. The van der Waals surface area contributed by atoms with Crippen molar-refractivity contribution in [2.45, 2.75) is 91.1 Å². The maximum Gasteiger partial charge on any atom is 0.348 e. The van der Waals surface area contributed by atoms with Gasteiger partial charge >= 0.3 is 5.97 Å². The number of rotatable bonds is 5. The van der Waals surface area contributed by atoms with Gasteiger partial charge in [-0.25, -0.2) is 9.48 Å². The Balaban J connectivity index is 1.66. The molecular formula is C27H36N4O3S. The van der Waals surface area contributed by atoms with E-state index in [4.69, 9.17) is 0 Å². The summed E-state index contributed by atoms with van der Waals surface area (Å²) in [6, 6.07) is 2.06. The molecule has 0 radical (unpaired) electrons. The molecule has 2 aliphatic rings. The van der Waals surface area contributed by atoms with Crippen molar-refractivity contribution < 1.29 is 14.7 Å². The van der Waals surface area contributed by atoms with E-state index in [1.807, 2.05) is 42.6 Å². The van der Waals surface area contributed by atoms with E-state index < -0.39 is 5.97 Å². The van der Waals surface area contributed by atoms with Crippen LogP contribution in [0.4, 0.5) is 5.69 Å². The number of thiophene rings is 1. The summed E-state index contributed by atoms with van der Waals surface area (Å²) < 4.78 is 1.90. The molecule has 2 aromatic rings. The van der Waals surface area contributed by atoms with Crippen LogP contribution in [0.3, 0.4) is 0 Å². The summed E-state index contributed by atoms with van der Waals surface area (Å²) in [5.74, 6) is 6.03. The number of aromatic nitrogens is 3. The normalized spacial score (nSPS) is 24.9. The van der Waals surface area contributed by atoms with Crippen LogP contribution in [0.25, 0.3) is 0 Å². The lowest BCUT2D eigenvalue weighted by Crippen LogP contribution is -2.46. The number of carboxylic acid groups (broad SMARTS) is 1. The van der Waals surface area contributed by atoms with Crippen LogP contribution >= 0.6 is 11.3 Å². The first-order valence-corrected chi connectivity index (χ1v) is 13.5. The van der Waals surface area contributed by atoms with Crippen LogP contribution in [0.15, 0.2) is 18.5 Å². The molecule has 8 heteroatoms. The molecule has 0 atom stereocenters. The van der Waals surface area contributed by atoms with Crippen molar-refractivity contribution >= 4 is 28.9 Å². The molecule has 2 aliphatic carbocycles. The second-order valence-electron chi connectivity index (χ2n) is 11.1. The lowest BCUT2D eigenvalue weighted by atomic mass is 9.81. The smallest absolute Gasteiger partial charge is 0.348 e. The van der Waals surface area contributed by atoms with Crippen molar-refractivity contribution in [1.29, 1.82) is 0 Å². The van der Waals surface area contributed by atoms with Gasteiger partial charge in [-0.1, -0.05) is 24.0 Å². The highest BCUT2D eigenvalue weighted by atomic mass is 32.1. The van der Waals surface area contributed by atoms with Crippen molar-refractivity contribution in [3.8, 4) is 11.8 Å². The number of amides is 1. The van der Waals surface area contributed by atoms with Crippen LogP contribution < -0.4 is 4.90 Å². The predicted molar refractivity (Wildman–Crippen MR) is 138 cm³/mol. The number of nitrogens with zero attached hydrogens (tertiary/aromatic N) is 4. The Morgan fingerprint density at radius 3 is 2.37 bits per heavy atom. The highest BCUT2D eigenvalue weighted by Crippen LogP contribution is 2.40. The number of carbonyl (C=O) groups is 2. The van der Waals surface area contributed by atoms with Crippen LogP contribution in [0.1, 0.15) is 99.7 Å². The Morgan fingerprint density at radius 2 is 1.80 bits per heavy atom. The number of anilines is 1. The van der Waals surface area contributed by atoms with E-state index in [-0.39, 0.29) is 34.2 Å². The zero-order valence-electron chi connectivity index (χ0n) is 21.2. The van der Waals surface area contributed by atoms with E-state index in [9.17, 15) is 14.7 Å². The molecule has 2 aromatic heterocycles. The Morgan fingerprint density at radius 1 is 1.11 bits per heavy atom. The van der Waals surface area contributed by atoms with Crippen molar-refractivity contribution in [3.05, 3.63) is 28.2 Å². The van der Waals surface area contributed by atoms with Gasteiger partial charge in [-0.15, -0.1) is 16.4 Å². The first-order chi connectivity index (χ1) is 16.6. The van der Waals surface area contributed by atoms with Crippen LogP contribution in [0.2, 0.25) is 0 Å². The Hall–Kier alpha value is -2.66. The van der Waals surface area contributed by atoms with E-state index in [0.717, 1.165) is 51.4 Å². The summed E-state index contributed by atoms with van der Waals surface area (Å²) in [7, 11) is 0. The number of carbonyl (C=O) groups excluding carboxylic acids is 1. The minimum absolute atomic E-state index is 0.0299. The van der Waals surface area contributed by atoms with Crippen LogP contribution in [-0.4, -0.2) is 38.0 Å². The SMILES string of the molecule is CC(C)(C)C#Cc1cc(N(C(=O)[C@H]2CC[C@H](C)CC2)[C@H]2CC[C@@H](n3ccnn3)CC2)c(C(=O)O)s1. The summed E-state index contributed by atoms with van der Waals surface area (Å²) in [4.78, 5) is 29.0. The maximum absolute atomic E-state index is 14.0. The van der Waals surface area contributed by atoms with Crippen LogP contribution in [0.5, 0.6) is 0 Å².